The number of ether oxygens (including phenoxy) is 3. The molecule has 1 amide bonds. The molecule has 0 spiro atoms. The highest BCUT2D eigenvalue weighted by molar-refractivity contribution is 7.80. The van der Waals surface area contributed by atoms with Crippen molar-refractivity contribution in [3.05, 3.63) is 23.8 Å². The summed E-state index contributed by atoms with van der Waals surface area (Å²) in [7, 11) is 3.25. The average molecular weight is 366 g/mol. The standard InChI is InChI=1S/C16H22N4O4S/c1-17-16(25)19-18-10-12-3-4-13(14(9-12)22-2)24-11-15(21)20-5-7-23-8-6-20/h3-4,9-10H,5-8,11H2,1-2H3,(H2,17,19,25)/b18-10+. The van der Waals surface area contributed by atoms with Crippen LogP contribution >= 0.6 is 12.2 Å². The number of morpholine rings is 1. The van der Waals surface area contributed by atoms with Crippen molar-refractivity contribution in [2.75, 3.05) is 47.1 Å². The van der Waals surface area contributed by atoms with E-state index in [9.17, 15) is 4.79 Å². The summed E-state index contributed by atoms with van der Waals surface area (Å²) in [4.78, 5) is 13.9. The molecule has 1 aliphatic heterocycles. The van der Waals surface area contributed by atoms with Crippen molar-refractivity contribution in [2.45, 2.75) is 0 Å². The Morgan fingerprint density at radius 3 is 2.84 bits per heavy atom. The van der Waals surface area contributed by atoms with Crippen molar-refractivity contribution in [1.29, 1.82) is 0 Å². The number of carbonyl (C=O) groups is 1. The van der Waals surface area contributed by atoms with Gasteiger partial charge >= 0.3 is 0 Å². The third-order valence-electron chi connectivity index (χ3n) is 3.51. The maximum Gasteiger partial charge on any atom is 0.260 e. The van der Waals surface area contributed by atoms with E-state index < -0.39 is 0 Å². The summed E-state index contributed by atoms with van der Waals surface area (Å²) >= 11 is 4.93. The summed E-state index contributed by atoms with van der Waals surface area (Å²) in [6.45, 7) is 2.27. The van der Waals surface area contributed by atoms with E-state index in [-0.39, 0.29) is 12.5 Å². The lowest BCUT2D eigenvalue weighted by Gasteiger charge is -2.26. The molecule has 2 rings (SSSR count). The van der Waals surface area contributed by atoms with Gasteiger partial charge in [-0.25, -0.2) is 0 Å². The second kappa shape index (κ2) is 9.80. The largest absolute Gasteiger partial charge is 0.493 e. The highest BCUT2D eigenvalue weighted by atomic mass is 32.1. The van der Waals surface area contributed by atoms with Crippen LogP contribution in [-0.4, -0.2) is 69.2 Å². The SMILES string of the molecule is CNC(=S)N/N=C/c1ccc(OCC(=O)N2CCOCC2)c(OC)c1. The maximum absolute atomic E-state index is 12.1. The van der Waals surface area contributed by atoms with Gasteiger partial charge in [0.05, 0.1) is 26.5 Å². The number of hydrogen-bond acceptors (Lipinski definition) is 6. The number of nitrogens with zero attached hydrogens (tertiary/aromatic N) is 2. The molecule has 9 heteroatoms. The van der Waals surface area contributed by atoms with E-state index >= 15 is 0 Å². The van der Waals surface area contributed by atoms with E-state index in [2.05, 4.69) is 15.8 Å². The Kier molecular flexibility index (Phi) is 7.42. The van der Waals surface area contributed by atoms with E-state index in [1.165, 1.54) is 0 Å². The van der Waals surface area contributed by atoms with Gasteiger partial charge in [-0.3, -0.25) is 10.2 Å². The third-order valence-corrected chi connectivity index (χ3v) is 3.80. The second-order valence-electron chi connectivity index (χ2n) is 5.14. The van der Waals surface area contributed by atoms with Gasteiger partial charge in [0.15, 0.2) is 23.2 Å². The van der Waals surface area contributed by atoms with Crippen LogP contribution in [0.4, 0.5) is 0 Å². The molecule has 25 heavy (non-hydrogen) atoms. The van der Waals surface area contributed by atoms with Crippen LogP contribution in [0.15, 0.2) is 23.3 Å². The molecule has 136 valence electrons. The van der Waals surface area contributed by atoms with E-state index in [0.29, 0.717) is 42.9 Å². The van der Waals surface area contributed by atoms with E-state index in [1.54, 1.807) is 37.4 Å². The summed E-state index contributed by atoms with van der Waals surface area (Å²) in [5.74, 6) is 0.954. The van der Waals surface area contributed by atoms with Crippen molar-refractivity contribution in [3.8, 4) is 11.5 Å². The molecule has 1 aliphatic rings. The van der Waals surface area contributed by atoms with Crippen LogP contribution in [-0.2, 0) is 9.53 Å². The predicted octanol–water partition coefficient (Wildman–Crippen LogP) is 0.361. The molecular formula is C16H22N4O4S. The van der Waals surface area contributed by atoms with Crippen molar-refractivity contribution < 1.29 is 19.0 Å². The normalized spacial score (nSPS) is 14.2. The first-order chi connectivity index (χ1) is 12.1. The first-order valence-electron chi connectivity index (χ1n) is 7.81. The van der Waals surface area contributed by atoms with Crippen LogP contribution in [0.1, 0.15) is 5.56 Å². The monoisotopic (exact) mass is 366 g/mol. The smallest absolute Gasteiger partial charge is 0.260 e. The minimum absolute atomic E-state index is 0.0399. The molecule has 0 unspecified atom stereocenters. The first kappa shape index (κ1) is 18.9. The number of carbonyl (C=O) groups excluding carboxylic acids is 1. The number of hydrazone groups is 1. The zero-order chi connectivity index (χ0) is 18.1. The Balaban J connectivity index is 1.94. The molecule has 0 aliphatic carbocycles. The van der Waals surface area contributed by atoms with Gasteiger partial charge < -0.3 is 24.4 Å². The molecule has 2 N–H and O–H groups in total. The number of benzene rings is 1. The number of hydrogen-bond donors (Lipinski definition) is 2. The van der Waals surface area contributed by atoms with Crippen LogP contribution in [0.3, 0.4) is 0 Å². The Morgan fingerprint density at radius 2 is 2.16 bits per heavy atom. The fourth-order valence-corrected chi connectivity index (χ4v) is 2.20. The number of amides is 1. The highest BCUT2D eigenvalue weighted by Gasteiger charge is 2.17. The van der Waals surface area contributed by atoms with Crippen LogP contribution in [0.25, 0.3) is 0 Å². The molecule has 0 saturated carbocycles. The number of thiocarbonyl (C=S) groups is 1. The Bertz CT molecular complexity index is 633. The summed E-state index contributed by atoms with van der Waals surface area (Å²) in [5, 5.41) is 7.18. The van der Waals surface area contributed by atoms with Gasteiger partial charge in [-0.1, -0.05) is 0 Å². The molecule has 0 bridgehead atoms. The van der Waals surface area contributed by atoms with E-state index in [0.717, 1.165) is 5.56 Å². The van der Waals surface area contributed by atoms with Crippen LogP contribution < -0.4 is 20.2 Å². The third kappa shape index (κ3) is 5.87. The average Bonchev–Trinajstić information content (AvgIpc) is 2.66. The summed E-state index contributed by atoms with van der Waals surface area (Å²) in [6.07, 6.45) is 1.61. The molecule has 1 aromatic rings. The first-order valence-corrected chi connectivity index (χ1v) is 8.22. The molecule has 1 saturated heterocycles. The van der Waals surface area contributed by atoms with Crippen molar-refractivity contribution in [2.24, 2.45) is 5.10 Å². The van der Waals surface area contributed by atoms with Gasteiger partial charge in [0.2, 0.25) is 0 Å². The van der Waals surface area contributed by atoms with Crippen LogP contribution in [0.5, 0.6) is 11.5 Å². The minimum Gasteiger partial charge on any atom is -0.493 e. The lowest BCUT2D eigenvalue weighted by Crippen LogP contribution is -2.43. The Hall–Kier alpha value is -2.39. The maximum atomic E-state index is 12.1. The van der Waals surface area contributed by atoms with Gasteiger partial charge in [0, 0.05) is 20.1 Å². The molecule has 8 nitrogen and oxygen atoms in total. The zero-order valence-electron chi connectivity index (χ0n) is 14.3. The Morgan fingerprint density at radius 1 is 1.40 bits per heavy atom. The molecule has 0 aromatic heterocycles. The lowest BCUT2D eigenvalue weighted by atomic mass is 10.2. The van der Waals surface area contributed by atoms with Crippen LogP contribution in [0, 0.1) is 0 Å². The number of nitrogens with one attached hydrogen (secondary N) is 2. The van der Waals surface area contributed by atoms with Gasteiger partial charge in [-0.15, -0.1) is 0 Å². The fourth-order valence-electron chi connectivity index (χ4n) is 2.15. The zero-order valence-corrected chi connectivity index (χ0v) is 15.1. The molecule has 1 fully saturated rings. The van der Waals surface area contributed by atoms with Crippen molar-refractivity contribution in [1.82, 2.24) is 15.6 Å². The van der Waals surface area contributed by atoms with Gasteiger partial charge in [-0.05, 0) is 36.0 Å². The number of rotatable bonds is 6. The van der Waals surface area contributed by atoms with Gasteiger partial charge in [0.1, 0.15) is 0 Å². The van der Waals surface area contributed by atoms with E-state index in [4.69, 9.17) is 26.4 Å². The minimum atomic E-state index is -0.0687. The quantitative estimate of drug-likeness (QED) is 0.427. The topological polar surface area (TPSA) is 84.4 Å². The molecule has 0 atom stereocenters. The van der Waals surface area contributed by atoms with Crippen molar-refractivity contribution in [3.63, 3.8) is 0 Å². The summed E-state index contributed by atoms with van der Waals surface area (Å²) in [5.41, 5.74) is 3.47. The predicted molar refractivity (Wildman–Crippen MR) is 98.3 cm³/mol. The summed E-state index contributed by atoms with van der Waals surface area (Å²) < 4.78 is 16.2. The van der Waals surface area contributed by atoms with Crippen molar-refractivity contribution >= 4 is 29.5 Å². The fraction of sp³-hybridized carbons (Fsp3) is 0.438. The van der Waals surface area contributed by atoms with Gasteiger partial charge in [0.25, 0.3) is 5.91 Å². The second-order valence-corrected chi connectivity index (χ2v) is 5.55. The molecule has 1 heterocycles. The summed E-state index contributed by atoms with van der Waals surface area (Å²) in [6, 6.07) is 5.32. The molecular weight excluding hydrogens is 344 g/mol. The lowest BCUT2D eigenvalue weighted by molar-refractivity contribution is -0.137. The molecule has 0 radical (unpaired) electrons. The van der Waals surface area contributed by atoms with Gasteiger partial charge in [-0.2, -0.15) is 5.10 Å². The van der Waals surface area contributed by atoms with E-state index in [1.807, 2.05) is 6.07 Å². The molecule has 1 aromatic carbocycles. The Labute approximate surface area is 152 Å². The number of methoxy groups -OCH3 is 1. The highest BCUT2D eigenvalue weighted by Crippen LogP contribution is 2.27. The van der Waals surface area contributed by atoms with Crippen LogP contribution in [0.2, 0.25) is 0 Å².